The molecule has 1 unspecified atom stereocenters. The summed E-state index contributed by atoms with van der Waals surface area (Å²) in [7, 11) is 0. The number of anilines is 1. The summed E-state index contributed by atoms with van der Waals surface area (Å²) in [5.41, 5.74) is 4.76. The third kappa shape index (κ3) is 3.56. The van der Waals surface area contributed by atoms with Crippen LogP contribution in [0.4, 0.5) is 5.13 Å². The Bertz CT molecular complexity index is 1020. The summed E-state index contributed by atoms with van der Waals surface area (Å²) in [6.45, 7) is 10.2. The van der Waals surface area contributed by atoms with Crippen molar-refractivity contribution in [2.75, 3.05) is 18.1 Å². The van der Waals surface area contributed by atoms with Crippen LogP contribution < -0.4 is 4.90 Å². The third-order valence-electron chi connectivity index (χ3n) is 5.19. The minimum atomic E-state index is -0.112. The van der Waals surface area contributed by atoms with Gasteiger partial charge in [0.1, 0.15) is 0 Å². The average Bonchev–Trinajstić information content (AvgIpc) is 3.38. The van der Waals surface area contributed by atoms with Crippen LogP contribution in [-0.4, -0.2) is 39.9 Å². The SMILES string of the molecule is CCn1nc(C(=O)N(CC2CCCO2)c2nc3cc(C)cc(C)c3s2)cc1C. The molecule has 0 N–H and O–H groups in total. The second-order valence-electron chi connectivity index (χ2n) is 7.46. The Morgan fingerprint density at radius 3 is 2.82 bits per heavy atom. The molecule has 7 heteroatoms. The topological polar surface area (TPSA) is 60.2 Å². The van der Waals surface area contributed by atoms with E-state index in [4.69, 9.17) is 9.72 Å². The van der Waals surface area contributed by atoms with Crippen molar-refractivity contribution >= 4 is 32.6 Å². The zero-order valence-electron chi connectivity index (χ0n) is 16.9. The molecule has 1 aliphatic rings. The molecule has 1 saturated heterocycles. The lowest BCUT2D eigenvalue weighted by molar-refractivity contribution is 0.0912. The van der Waals surface area contributed by atoms with Crippen LogP contribution in [0.25, 0.3) is 10.2 Å². The number of nitrogens with zero attached hydrogens (tertiary/aromatic N) is 4. The minimum Gasteiger partial charge on any atom is -0.376 e. The van der Waals surface area contributed by atoms with Gasteiger partial charge in [0.15, 0.2) is 10.8 Å². The van der Waals surface area contributed by atoms with Gasteiger partial charge in [-0.2, -0.15) is 5.10 Å². The Kier molecular flexibility index (Phi) is 5.21. The van der Waals surface area contributed by atoms with Crippen LogP contribution in [0.1, 0.15) is 47.1 Å². The van der Waals surface area contributed by atoms with Crippen molar-refractivity contribution in [1.29, 1.82) is 0 Å². The second-order valence-corrected chi connectivity index (χ2v) is 8.44. The highest BCUT2D eigenvalue weighted by Gasteiger charge is 2.28. The van der Waals surface area contributed by atoms with Gasteiger partial charge in [-0.1, -0.05) is 17.4 Å². The van der Waals surface area contributed by atoms with E-state index >= 15 is 0 Å². The fourth-order valence-corrected chi connectivity index (χ4v) is 4.82. The predicted octanol–water partition coefficient (Wildman–Crippen LogP) is 4.26. The molecule has 4 rings (SSSR count). The molecule has 0 aliphatic carbocycles. The number of hydrogen-bond donors (Lipinski definition) is 0. The fraction of sp³-hybridized carbons (Fsp3) is 0.476. The number of thiazole rings is 1. The molecule has 1 fully saturated rings. The Balaban J connectivity index is 1.74. The number of hydrogen-bond acceptors (Lipinski definition) is 5. The largest absolute Gasteiger partial charge is 0.376 e. The minimum absolute atomic E-state index is 0.0492. The van der Waals surface area contributed by atoms with Gasteiger partial charge in [-0.3, -0.25) is 14.4 Å². The molecular formula is C21H26N4O2S. The van der Waals surface area contributed by atoms with Gasteiger partial charge in [0.25, 0.3) is 5.91 Å². The molecule has 3 heterocycles. The summed E-state index contributed by atoms with van der Waals surface area (Å²) >= 11 is 1.57. The van der Waals surface area contributed by atoms with Crippen molar-refractivity contribution in [2.45, 2.75) is 53.2 Å². The number of fused-ring (bicyclic) bond motifs is 1. The Labute approximate surface area is 169 Å². The number of carbonyl (C=O) groups is 1. The highest BCUT2D eigenvalue weighted by molar-refractivity contribution is 7.22. The van der Waals surface area contributed by atoms with Crippen molar-refractivity contribution in [2.24, 2.45) is 0 Å². The first-order valence-corrected chi connectivity index (χ1v) is 10.6. The molecule has 0 saturated carbocycles. The van der Waals surface area contributed by atoms with E-state index in [1.165, 1.54) is 11.1 Å². The van der Waals surface area contributed by atoms with Crippen molar-refractivity contribution in [1.82, 2.24) is 14.8 Å². The first-order chi connectivity index (χ1) is 13.5. The zero-order valence-corrected chi connectivity index (χ0v) is 17.7. The number of aromatic nitrogens is 3. The highest BCUT2D eigenvalue weighted by Crippen LogP contribution is 2.33. The summed E-state index contributed by atoms with van der Waals surface area (Å²) in [4.78, 5) is 20.0. The summed E-state index contributed by atoms with van der Waals surface area (Å²) in [6.07, 6.45) is 2.05. The number of rotatable bonds is 5. The fourth-order valence-electron chi connectivity index (χ4n) is 3.79. The monoisotopic (exact) mass is 398 g/mol. The maximum absolute atomic E-state index is 13.4. The predicted molar refractivity (Wildman–Crippen MR) is 112 cm³/mol. The summed E-state index contributed by atoms with van der Waals surface area (Å²) in [5, 5.41) is 5.21. The molecule has 1 aromatic carbocycles. The Morgan fingerprint density at radius 1 is 1.32 bits per heavy atom. The molecule has 3 aromatic rings. The molecule has 6 nitrogen and oxygen atoms in total. The molecule has 148 valence electrons. The van der Waals surface area contributed by atoms with E-state index in [2.05, 4.69) is 31.1 Å². The molecule has 0 radical (unpaired) electrons. The maximum atomic E-state index is 13.4. The van der Waals surface area contributed by atoms with Crippen LogP contribution in [0, 0.1) is 20.8 Å². The van der Waals surface area contributed by atoms with Crippen LogP contribution in [0.2, 0.25) is 0 Å². The lowest BCUT2D eigenvalue weighted by atomic mass is 10.1. The van der Waals surface area contributed by atoms with Gasteiger partial charge in [0, 0.05) is 18.8 Å². The average molecular weight is 399 g/mol. The molecule has 1 amide bonds. The standard InChI is InChI=1S/C21H26N4O2S/c1-5-25-15(4)11-18(23-25)20(26)24(12-16-7-6-8-27-16)21-22-17-10-13(2)9-14(3)19(17)28-21/h9-11,16H,5-8,12H2,1-4H3. The smallest absolute Gasteiger partial charge is 0.280 e. The Morgan fingerprint density at radius 2 is 2.14 bits per heavy atom. The van der Waals surface area contributed by atoms with E-state index in [9.17, 15) is 4.79 Å². The number of carbonyl (C=O) groups excluding carboxylic acids is 1. The van der Waals surface area contributed by atoms with Gasteiger partial charge in [-0.15, -0.1) is 0 Å². The van der Waals surface area contributed by atoms with E-state index in [1.54, 1.807) is 16.2 Å². The Hall–Kier alpha value is -2.25. The van der Waals surface area contributed by atoms with E-state index in [0.29, 0.717) is 17.4 Å². The van der Waals surface area contributed by atoms with Crippen LogP contribution in [-0.2, 0) is 11.3 Å². The van der Waals surface area contributed by atoms with Crippen LogP contribution >= 0.6 is 11.3 Å². The summed E-state index contributed by atoms with van der Waals surface area (Å²) < 4.78 is 8.79. The van der Waals surface area contributed by atoms with Crippen LogP contribution in [0.3, 0.4) is 0 Å². The van der Waals surface area contributed by atoms with Gasteiger partial charge in [0.05, 0.1) is 22.9 Å². The molecule has 0 spiro atoms. The number of aryl methyl sites for hydroxylation is 4. The summed E-state index contributed by atoms with van der Waals surface area (Å²) in [6, 6.07) is 6.09. The highest BCUT2D eigenvalue weighted by atomic mass is 32.1. The van der Waals surface area contributed by atoms with Crippen LogP contribution in [0.5, 0.6) is 0 Å². The third-order valence-corrected chi connectivity index (χ3v) is 6.42. The van der Waals surface area contributed by atoms with Crippen molar-refractivity contribution in [3.8, 4) is 0 Å². The van der Waals surface area contributed by atoms with Crippen molar-refractivity contribution < 1.29 is 9.53 Å². The van der Waals surface area contributed by atoms with E-state index in [1.807, 2.05) is 24.6 Å². The maximum Gasteiger partial charge on any atom is 0.280 e. The van der Waals surface area contributed by atoms with Gasteiger partial charge in [0.2, 0.25) is 0 Å². The van der Waals surface area contributed by atoms with Crippen molar-refractivity contribution in [3.63, 3.8) is 0 Å². The van der Waals surface area contributed by atoms with E-state index < -0.39 is 0 Å². The number of ether oxygens (including phenoxy) is 1. The molecule has 28 heavy (non-hydrogen) atoms. The summed E-state index contributed by atoms with van der Waals surface area (Å²) in [5.74, 6) is -0.112. The van der Waals surface area contributed by atoms with E-state index in [-0.39, 0.29) is 12.0 Å². The van der Waals surface area contributed by atoms with Crippen molar-refractivity contribution in [3.05, 3.63) is 40.7 Å². The molecular weight excluding hydrogens is 372 g/mol. The van der Waals surface area contributed by atoms with Gasteiger partial charge in [-0.05, 0) is 63.8 Å². The van der Waals surface area contributed by atoms with E-state index in [0.717, 1.165) is 41.9 Å². The normalized spacial score (nSPS) is 16.8. The first-order valence-electron chi connectivity index (χ1n) is 9.82. The van der Waals surface area contributed by atoms with Crippen LogP contribution in [0.15, 0.2) is 18.2 Å². The second kappa shape index (κ2) is 7.64. The van der Waals surface area contributed by atoms with Gasteiger partial charge >= 0.3 is 0 Å². The molecule has 0 bridgehead atoms. The molecule has 1 atom stereocenters. The molecule has 2 aromatic heterocycles. The quantitative estimate of drug-likeness (QED) is 0.644. The number of benzene rings is 1. The number of amides is 1. The lowest BCUT2D eigenvalue weighted by Crippen LogP contribution is -2.37. The van der Waals surface area contributed by atoms with Gasteiger partial charge in [-0.25, -0.2) is 4.98 Å². The zero-order chi connectivity index (χ0) is 19.8. The first kappa shape index (κ1) is 19.1. The van der Waals surface area contributed by atoms with Gasteiger partial charge < -0.3 is 4.74 Å². The lowest BCUT2D eigenvalue weighted by Gasteiger charge is -2.22. The molecule has 1 aliphatic heterocycles.